The lowest BCUT2D eigenvalue weighted by Crippen LogP contribution is -2.09. The maximum absolute atomic E-state index is 8.88. The number of ether oxygens (including phenoxy) is 1. The lowest BCUT2D eigenvalue weighted by Gasteiger charge is -2.09. The van der Waals surface area contributed by atoms with E-state index in [0.717, 1.165) is 0 Å². The zero-order valence-electron chi connectivity index (χ0n) is 7.76. The predicted octanol–water partition coefficient (Wildman–Crippen LogP) is 0.891. The van der Waals surface area contributed by atoms with Gasteiger partial charge in [0.05, 0.1) is 12.2 Å². The SMILES string of the molecule is CC(C)OC(C)C.O=P(O)(O)O. The maximum Gasteiger partial charge on any atom is 0.466 e. The first-order chi connectivity index (χ1) is 5.13. The molecule has 76 valence electrons. The lowest BCUT2D eigenvalue weighted by atomic mass is 10.4. The Kier molecular flexibility index (Phi) is 7.99. The number of phosphoric acid groups is 1. The van der Waals surface area contributed by atoms with E-state index in [1.807, 2.05) is 27.7 Å². The fourth-order valence-corrected chi connectivity index (χ4v) is 0.544. The molecule has 12 heavy (non-hydrogen) atoms. The molecule has 0 aliphatic heterocycles. The molecule has 0 aliphatic carbocycles. The van der Waals surface area contributed by atoms with Crippen LogP contribution in [0.25, 0.3) is 0 Å². The number of rotatable bonds is 2. The second-order valence-corrected chi connectivity index (χ2v) is 3.77. The van der Waals surface area contributed by atoms with Gasteiger partial charge < -0.3 is 19.4 Å². The summed E-state index contributed by atoms with van der Waals surface area (Å²) in [6, 6.07) is 0. The van der Waals surface area contributed by atoms with Crippen LogP contribution >= 0.6 is 7.82 Å². The first kappa shape index (κ1) is 14.6. The standard InChI is InChI=1S/C6H14O.H3O4P/c1-5(2)7-6(3)4;1-5(2,3)4/h5-6H,1-4H3;(H3,1,2,3,4). The third-order valence-corrected chi connectivity index (χ3v) is 0.544. The van der Waals surface area contributed by atoms with Crippen molar-refractivity contribution in [2.75, 3.05) is 0 Å². The van der Waals surface area contributed by atoms with E-state index < -0.39 is 7.82 Å². The molecule has 0 spiro atoms. The minimum Gasteiger partial charge on any atom is -0.376 e. The Labute approximate surface area is 72.6 Å². The summed E-state index contributed by atoms with van der Waals surface area (Å²) in [5.74, 6) is 0. The molecule has 0 atom stereocenters. The van der Waals surface area contributed by atoms with Crippen molar-refractivity contribution in [1.29, 1.82) is 0 Å². The Bertz CT molecular complexity index is 125. The molecular weight excluding hydrogens is 183 g/mol. The molecule has 0 radical (unpaired) electrons. The van der Waals surface area contributed by atoms with Crippen molar-refractivity contribution in [3.8, 4) is 0 Å². The quantitative estimate of drug-likeness (QED) is 0.576. The van der Waals surface area contributed by atoms with Crippen molar-refractivity contribution < 1.29 is 24.0 Å². The molecular formula is C6H17O5P. The van der Waals surface area contributed by atoms with E-state index in [-0.39, 0.29) is 0 Å². The van der Waals surface area contributed by atoms with E-state index in [2.05, 4.69) is 0 Å². The molecule has 5 nitrogen and oxygen atoms in total. The van der Waals surface area contributed by atoms with Gasteiger partial charge in [0.2, 0.25) is 0 Å². The smallest absolute Gasteiger partial charge is 0.376 e. The van der Waals surface area contributed by atoms with Gasteiger partial charge in [0, 0.05) is 0 Å². The Morgan fingerprint density at radius 3 is 1.17 bits per heavy atom. The van der Waals surface area contributed by atoms with E-state index in [1.54, 1.807) is 0 Å². The molecule has 0 heterocycles. The first-order valence-corrected chi connectivity index (χ1v) is 5.13. The second kappa shape index (κ2) is 6.57. The highest BCUT2D eigenvalue weighted by molar-refractivity contribution is 7.45. The third-order valence-electron chi connectivity index (χ3n) is 0.544. The minimum atomic E-state index is -4.64. The van der Waals surface area contributed by atoms with Crippen LogP contribution in [-0.4, -0.2) is 26.9 Å². The van der Waals surface area contributed by atoms with Gasteiger partial charge in [-0.25, -0.2) is 4.57 Å². The van der Waals surface area contributed by atoms with E-state index in [4.69, 9.17) is 24.0 Å². The molecule has 0 aromatic rings. The Hall–Kier alpha value is 0.0700. The van der Waals surface area contributed by atoms with Gasteiger partial charge in [-0.2, -0.15) is 0 Å². The van der Waals surface area contributed by atoms with Gasteiger partial charge in [-0.15, -0.1) is 0 Å². The third kappa shape index (κ3) is 50.0. The van der Waals surface area contributed by atoms with Crippen LogP contribution in [0.4, 0.5) is 0 Å². The van der Waals surface area contributed by atoms with Gasteiger partial charge in [0.15, 0.2) is 0 Å². The van der Waals surface area contributed by atoms with E-state index in [9.17, 15) is 0 Å². The topological polar surface area (TPSA) is 87.0 Å². The highest BCUT2D eigenvalue weighted by Gasteiger charge is 2.00. The van der Waals surface area contributed by atoms with E-state index in [0.29, 0.717) is 12.2 Å². The monoisotopic (exact) mass is 200 g/mol. The van der Waals surface area contributed by atoms with Gasteiger partial charge in [-0.1, -0.05) is 0 Å². The summed E-state index contributed by atoms with van der Waals surface area (Å²) in [5.41, 5.74) is 0. The van der Waals surface area contributed by atoms with Crippen molar-refractivity contribution in [2.24, 2.45) is 0 Å². The van der Waals surface area contributed by atoms with Crippen LogP contribution in [-0.2, 0) is 9.30 Å². The molecule has 0 aromatic heterocycles. The zero-order chi connectivity index (χ0) is 10.4. The summed E-state index contributed by atoms with van der Waals surface area (Å²) in [6.45, 7) is 8.17. The summed E-state index contributed by atoms with van der Waals surface area (Å²) in [4.78, 5) is 21.6. The predicted molar refractivity (Wildman–Crippen MR) is 45.6 cm³/mol. The van der Waals surface area contributed by atoms with Gasteiger partial charge in [0.1, 0.15) is 0 Å². The molecule has 0 aromatic carbocycles. The molecule has 0 amide bonds. The summed E-state index contributed by atoms with van der Waals surface area (Å²) in [6.07, 6.45) is 0.750. The van der Waals surface area contributed by atoms with Crippen LogP contribution in [0.1, 0.15) is 27.7 Å². The molecule has 0 fully saturated rings. The average molecular weight is 200 g/mol. The number of hydrogen-bond donors (Lipinski definition) is 3. The lowest BCUT2D eigenvalue weighted by molar-refractivity contribution is 0.0300. The van der Waals surface area contributed by atoms with Crippen LogP contribution in [0.15, 0.2) is 0 Å². The molecule has 0 saturated carbocycles. The van der Waals surface area contributed by atoms with E-state index in [1.165, 1.54) is 0 Å². The fourth-order valence-electron chi connectivity index (χ4n) is 0.544. The molecule has 3 N–H and O–H groups in total. The first-order valence-electron chi connectivity index (χ1n) is 3.56. The van der Waals surface area contributed by atoms with Crippen molar-refractivity contribution >= 4 is 7.82 Å². The van der Waals surface area contributed by atoms with Crippen molar-refractivity contribution in [1.82, 2.24) is 0 Å². The van der Waals surface area contributed by atoms with Crippen molar-refractivity contribution in [3.63, 3.8) is 0 Å². The van der Waals surface area contributed by atoms with E-state index >= 15 is 0 Å². The summed E-state index contributed by atoms with van der Waals surface area (Å²) >= 11 is 0. The van der Waals surface area contributed by atoms with Crippen LogP contribution < -0.4 is 0 Å². The maximum atomic E-state index is 8.88. The van der Waals surface area contributed by atoms with Gasteiger partial charge in [-0.3, -0.25) is 0 Å². The van der Waals surface area contributed by atoms with Crippen LogP contribution in [0.2, 0.25) is 0 Å². The fraction of sp³-hybridized carbons (Fsp3) is 1.00. The van der Waals surface area contributed by atoms with Gasteiger partial charge in [-0.05, 0) is 27.7 Å². The summed E-state index contributed by atoms with van der Waals surface area (Å²) < 4.78 is 14.1. The second-order valence-electron chi connectivity index (χ2n) is 2.75. The van der Waals surface area contributed by atoms with Crippen molar-refractivity contribution in [2.45, 2.75) is 39.9 Å². The Balaban J connectivity index is 0. The number of hydrogen-bond acceptors (Lipinski definition) is 2. The van der Waals surface area contributed by atoms with Gasteiger partial charge in [0.25, 0.3) is 0 Å². The summed E-state index contributed by atoms with van der Waals surface area (Å²) in [5, 5.41) is 0. The Morgan fingerprint density at radius 2 is 1.17 bits per heavy atom. The van der Waals surface area contributed by atoms with Crippen LogP contribution in [0.5, 0.6) is 0 Å². The van der Waals surface area contributed by atoms with Crippen molar-refractivity contribution in [3.05, 3.63) is 0 Å². The largest absolute Gasteiger partial charge is 0.466 e. The molecule has 0 saturated heterocycles. The molecule has 0 unspecified atom stereocenters. The molecule has 0 rings (SSSR count). The van der Waals surface area contributed by atoms with Crippen LogP contribution in [0.3, 0.4) is 0 Å². The van der Waals surface area contributed by atoms with Crippen LogP contribution in [0, 0.1) is 0 Å². The highest BCUT2D eigenvalue weighted by atomic mass is 31.2. The Morgan fingerprint density at radius 1 is 1.00 bits per heavy atom. The zero-order valence-corrected chi connectivity index (χ0v) is 8.65. The molecule has 0 bridgehead atoms. The average Bonchev–Trinajstić information content (AvgIpc) is 1.52. The normalized spacial score (nSPS) is 11.4. The summed E-state index contributed by atoms with van der Waals surface area (Å²) in [7, 11) is -4.64. The highest BCUT2D eigenvalue weighted by Crippen LogP contribution is 2.25. The van der Waals surface area contributed by atoms with Gasteiger partial charge >= 0.3 is 7.82 Å². The minimum absolute atomic E-state index is 0.375. The molecule has 0 aliphatic rings. The molecule has 6 heteroatoms.